The SMILES string of the molecule is COC(=O)c1ccc(C2CN(CC(F)F)CCN2Cc2c(OC)cc(C)c3c2ccn3C(=O)OC(C)(C)C)c2c1NCCC2. The predicted molar refractivity (Wildman–Crippen MR) is 165 cm³/mol. The molecule has 1 saturated heterocycles. The lowest BCUT2D eigenvalue weighted by Gasteiger charge is -2.43. The van der Waals surface area contributed by atoms with Crippen LogP contribution in [0.2, 0.25) is 0 Å². The van der Waals surface area contributed by atoms with E-state index in [4.69, 9.17) is 14.2 Å². The number of aromatic nitrogens is 1. The molecule has 11 heteroatoms. The molecule has 1 fully saturated rings. The lowest BCUT2D eigenvalue weighted by molar-refractivity contribution is 0.0243. The van der Waals surface area contributed by atoms with Crippen molar-refractivity contribution in [3.63, 3.8) is 0 Å². The minimum Gasteiger partial charge on any atom is -0.496 e. The third-order valence-corrected chi connectivity index (χ3v) is 8.39. The van der Waals surface area contributed by atoms with E-state index in [1.165, 1.54) is 11.7 Å². The monoisotopic (exact) mass is 612 g/mol. The van der Waals surface area contributed by atoms with Gasteiger partial charge in [0.25, 0.3) is 6.43 Å². The van der Waals surface area contributed by atoms with E-state index in [1.54, 1.807) is 19.4 Å². The number of fused-ring (bicyclic) bond motifs is 2. The van der Waals surface area contributed by atoms with Gasteiger partial charge in [0.05, 0.1) is 37.5 Å². The second-order valence-corrected chi connectivity index (χ2v) is 12.5. The van der Waals surface area contributed by atoms with E-state index in [0.29, 0.717) is 37.5 Å². The van der Waals surface area contributed by atoms with Crippen molar-refractivity contribution in [1.82, 2.24) is 14.4 Å². The number of anilines is 1. The quantitative estimate of drug-likeness (QED) is 0.325. The maximum atomic E-state index is 13.6. The molecule has 0 spiro atoms. The predicted octanol–water partition coefficient (Wildman–Crippen LogP) is 6.01. The Morgan fingerprint density at radius 3 is 2.59 bits per heavy atom. The summed E-state index contributed by atoms with van der Waals surface area (Å²) in [6.07, 6.45) is 0.473. The van der Waals surface area contributed by atoms with Crippen molar-refractivity contribution >= 4 is 28.7 Å². The van der Waals surface area contributed by atoms with Crippen molar-refractivity contribution in [2.75, 3.05) is 52.3 Å². The lowest BCUT2D eigenvalue weighted by atomic mass is 9.88. The average Bonchev–Trinajstić information content (AvgIpc) is 3.43. The normalized spacial score (nSPS) is 17.8. The Bertz CT molecular complexity index is 1550. The van der Waals surface area contributed by atoms with E-state index in [1.807, 2.05) is 50.8 Å². The number of methoxy groups -OCH3 is 2. The minimum absolute atomic E-state index is 0.225. The van der Waals surface area contributed by atoms with E-state index in [0.717, 1.165) is 58.2 Å². The number of piperazine rings is 1. The number of hydrogen-bond acceptors (Lipinski definition) is 8. The number of benzene rings is 2. The van der Waals surface area contributed by atoms with Gasteiger partial charge in [-0.05, 0) is 75.4 Å². The van der Waals surface area contributed by atoms with Gasteiger partial charge < -0.3 is 19.5 Å². The fourth-order valence-corrected chi connectivity index (χ4v) is 6.50. The standard InChI is InChI=1S/C33H42F2N4O5/c1-20-16-27(42-5)25(23-11-13-39(30(20)23)32(41)44-33(2,3)4)17-38-15-14-37(19-28(34)35)18-26(38)21-9-10-24(31(40)43-6)29-22(21)8-7-12-36-29/h9-11,13,16,26,28,36H,7-8,12,14-15,17-19H2,1-6H3. The summed E-state index contributed by atoms with van der Waals surface area (Å²) >= 11 is 0. The topological polar surface area (TPSA) is 85.3 Å². The van der Waals surface area contributed by atoms with E-state index >= 15 is 0 Å². The Morgan fingerprint density at radius 2 is 1.91 bits per heavy atom. The number of alkyl halides is 2. The molecule has 1 aromatic heterocycles. The highest BCUT2D eigenvalue weighted by Gasteiger charge is 2.34. The maximum Gasteiger partial charge on any atom is 0.419 e. The molecule has 44 heavy (non-hydrogen) atoms. The fourth-order valence-electron chi connectivity index (χ4n) is 6.50. The molecule has 0 radical (unpaired) electrons. The maximum absolute atomic E-state index is 13.6. The number of esters is 1. The Morgan fingerprint density at radius 1 is 1.14 bits per heavy atom. The zero-order chi connectivity index (χ0) is 31.8. The van der Waals surface area contributed by atoms with Crippen molar-refractivity contribution in [3.05, 3.63) is 58.3 Å². The van der Waals surface area contributed by atoms with Crippen molar-refractivity contribution in [1.29, 1.82) is 0 Å². The van der Waals surface area contributed by atoms with Crippen LogP contribution < -0.4 is 10.1 Å². The van der Waals surface area contributed by atoms with Crippen LogP contribution in [0.4, 0.5) is 19.3 Å². The highest BCUT2D eigenvalue weighted by molar-refractivity contribution is 5.97. The van der Waals surface area contributed by atoms with Crippen LogP contribution in [-0.2, 0) is 22.4 Å². The van der Waals surface area contributed by atoms with Crippen LogP contribution in [0.25, 0.3) is 10.9 Å². The molecule has 238 valence electrons. The summed E-state index contributed by atoms with van der Waals surface area (Å²) in [4.78, 5) is 29.8. The molecule has 0 amide bonds. The van der Waals surface area contributed by atoms with E-state index in [2.05, 4.69) is 10.2 Å². The number of carbonyl (C=O) groups is 2. The summed E-state index contributed by atoms with van der Waals surface area (Å²) in [6, 6.07) is 7.33. The smallest absolute Gasteiger partial charge is 0.419 e. The Labute approximate surface area is 257 Å². The number of carbonyl (C=O) groups excluding carboxylic acids is 2. The fraction of sp³-hybridized carbons (Fsp3) is 0.515. The Hall–Kier alpha value is -3.70. The first-order chi connectivity index (χ1) is 20.9. The van der Waals surface area contributed by atoms with Gasteiger partial charge in [-0.3, -0.25) is 14.4 Å². The van der Waals surface area contributed by atoms with Gasteiger partial charge in [-0.25, -0.2) is 18.4 Å². The molecular weight excluding hydrogens is 570 g/mol. The van der Waals surface area contributed by atoms with Crippen molar-refractivity contribution in [2.45, 2.75) is 65.1 Å². The van der Waals surface area contributed by atoms with E-state index in [-0.39, 0.29) is 12.6 Å². The van der Waals surface area contributed by atoms with Gasteiger partial charge in [-0.1, -0.05) is 6.07 Å². The zero-order valence-electron chi connectivity index (χ0n) is 26.3. The molecule has 5 rings (SSSR count). The average molecular weight is 613 g/mol. The van der Waals surface area contributed by atoms with Crippen LogP contribution in [0.15, 0.2) is 30.5 Å². The molecule has 3 aromatic rings. The summed E-state index contributed by atoms with van der Waals surface area (Å²) < 4.78 is 45.2. The second-order valence-electron chi connectivity index (χ2n) is 12.5. The summed E-state index contributed by atoms with van der Waals surface area (Å²) in [5.41, 5.74) is 5.12. The van der Waals surface area contributed by atoms with Crippen molar-refractivity contribution in [3.8, 4) is 5.75 Å². The van der Waals surface area contributed by atoms with Gasteiger partial charge in [0, 0.05) is 55.9 Å². The molecule has 9 nitrogen and oxygen atoms in total. The highest BCUT2D eigenvalue weighted by Crippen LogP contribution is 2.40. The molecule has 0 aliphatic carbocycles. The number of halogens is 2. The number of hydrogen-bond donors (Lipinski definition) is 1. The molecule has 2 aromatic carbocycles. The zero-order valence-corrected chi connectivity index (χ0v) is 26.3. The third kappa shape index (κ3) is 6.39. The van der Waals surface area contributed by atoms with E-state index < -0.39 is 24.1 Å². The second kappa shape index (κ2) is 12.7. The molecule has 3 heterocycles. The summed E-state index contributed by atoms with van der Waals surface area (Å²) in [7, 11) is 2.99. The number of nitrogens with one attached hydrogen (secondary N) is 1. The van der Waals surface area contributed by atoms with Gasteiger partial charge >= 0.3 is 12.1 Å². The molecule has 2 aliphatic heterocycles. The number of rotatable bonds is 7. The van der Waals surface area contributed by atoms with Gasteiger partial charge in [0.2, 0.25) is 0 Å². The molecule has 1 N–H and O–H groups in total. The van der Waals surface area contributed by atoms with Gasteiger partial charge in [-0.15, -0.1) is 0 Å². The molecule has 0 bridgehead atoms. The summed E-state index contributed by atoms with van der Waals surface area (Å²) in [5, 5.41) is 4.26. The first kappa shape index (κ1) is 31.7. The molecular formula is C33H42F2N4O5. The molecule has 2 aliphatic rings. The number of ether oxygens (including phenoxy) is 3. The van der Waals surface area contributed by atoms with Crippen LogP contribution in [0.5, 0.6) is 5.75 Å². The molecule has 1 unspecified atom stereocenters. The Balaban J connectivity index is 1.58. The van der Waals surface area contributed by atoms with Gasteiger partial charge in [0.15, 0.2) is 0 Å². The third-order valence-electron chi connectivity index (χ3n) is 8.39. The van der Waals surface area contributed by atoms with E-state index in [9.17, 15) is 18.4 Å². The van der Waals surface area contributed by atoms with Crippen molar-refractivity contribution in [2.24, 2.45) is 0 Å². The van der Waals surface area contributed by atoms with Crippen LogP contribution in [0.3, 0.4) is 0 Å². The van der Waals surface area contributed by atoms with Crippen molar-refractivity contribution < 1.29 is 32.6 Å². The Kier molecular flexibility index (Phi) is 9.17. The first-order valence-corrected chi connectivity index (χ1v) is 15.0. The summed E-state index contributed by atoms with van der Waals surface area (Å²) in [5.74, 6) is 0.277. The van der Waals surface area contributed by atoms with Crippen LogP contribution in [0.1, 0.15) is 65.8 Å². The van der Waals surface area contributed by atoms with Gasteiger partial charge in [0.1, 0.15) is 11.4 Å². The lowest BCUT2D eigenvalue weighted by Crippen LogP contribution is -2.49. The summed E-state index contributed by atoms with van der Waals surface area (Å²) in [6.45, 7) is 9.76. The van der Waals surface area contributed by atoms with Crippen LogP contribution in [-0.4, -0.2) is 85.4 Å². The molecule has 0 saturated carbocycles. The molecule has 1 atom stereocenters. The first-order valence-electron chi connectivity index (χ1n) is 15.0. The number of aryl methyl sites for hydroxylation is 1. The minimum atomic E-state index is -2.44. The van der Waals surface area contributed by atoms with Gasteiger partial charge in [-0.2, -0.15) is 0 Å². The highest BCUT2D eigenvalue weighted by atomic mass is 19.3. The van der Waals surface area contributed by atoms with Crippen LogP contribution in [0, 0.1) is 6.92 Å². The largest absolute Gasteiger partial charge is 0.496 e. The number of nitrogens with zero attached hydrogens (tertiary/aromatic N) is 3. The van der Waals surface area contributed by atoms with Crippen LogP contribution >= 0.6 is 0 Å².